The van der Waals surface area contributed by atoms with Gasteiger partial charge in [0.2, 0.25) is 5.91 Å². The van der Waals surface area contributed by atoms with E-state index in [0.29, 0.717) is 18.0 Å². The number of ether oxygens (including phenoxy) is 1. The fourth-order valence-electron chi connectivity index (χ4n) is 2.72. The Bertz CT molecular complexity index is 1010. The van der Waals surface area contributed by atoms with Gasteiger partial charge in [0.25, 0.3) is 0 Å². The molecule has 0 fully saturated rings. The smallest absolute Gasteiger partial charge is 0.238 e. The Balaban J connectivity index is 1.73. The van der Waals surface area contributed by atoms with Crippen LogP contribution < -0.4 is 15.4 Å². The maximum absolute atomic E-state index is 12.4. The zero-order valence-electron chi connectivity index (χ0n) is 16.2. The molecule has 3 aromatic rings. The van der Waals surface area contributed by atoms with Crippen LogP contribution in [-0.2, 0) is 11.3 Å². The van der Waals surface area contributed by atoms with Gasteiger partial charge in [-0.15, -0.1) is 0 Å². The molecular weight excluding hydrogens is 370 g/mol. The number of hydrogen-bond acceptors (Lipinski definition) is 7. The summed E-state index contributed by atoms with van der Waals surface area (Å²) in [6.45, 7) is 1.90. The lowest BCUT2D eigenvalue weighted by molar-refractivity contribution is -0.115. The second-order valence-electron chi connectivity index (χ2n) is 6.26. The summed E-state index contributed by atoms with van der Waals surface area (Å²) >= 11 is 0. The number of ketones is 1. The third-order valence-electron chi connectivity index (χ3n) is 4.13. The largest absolute Gasteiger partial charge is 0.497 e. The van der Waals surface area contributed by atoms with Crippen LogP contribution >= 0.6 is 0 Å². The highest BCUT2D eigenvalue weighted by Gasteiger charge is 2.14. The first kappa shape index (κ1) is 20.1. The first-order valence-electron chi connectivity index (χ1n) is 8.97. The Morgan fingerprint density at radius 2 is 1.97 bits per heavy atom. The van der Waals surface area contributed by atoms with E-state index < -0.39 is 0 Å². The van der Waals surface area contributed by atoms with Crippen LogP contribution in [0.2, 0.25) is 0 Å². The van der Waals surface area contributed by atoms with Crippen molar-refractivity contribution in [2.45, 2.75) is 13.5 Å². The van der Waals surface area contributed by atoms with E-state index in [9.17, 15) is 9.59 Å². The molecule has 3 rings (SSSR count). The standard InChI is InChI=1S/C21H21N5O3/c1-14(27)21-19(26-20(28)12-23-11-17-6-7-22-13-25-17)9-16(10-24-21)15-4-3-5-18(8-15)29-2/h3-10,13,23H,11-12H2,1-2H3,(H,26,28). The van der Waals surface area contributed by atoms with Crippen LogP contribution in [0.25, 0.3) is 11.1 Å². The van der Waals surface area contributed by atoms with Gasteiger partial charge in [-0.25, -0.2) is 9.97 Å². The minimum atomic E-state index is -0.286. The molecule has 148 valence electrons. The van der Waals surface area contributed by atoms with Crippen LogP contribution in [0.1, 0.15) is 23.1 Å². The zero-order chi connectivity index (χ0) is 20.6. The number of carbonyl (C=O) groups is 2. The van der Waals surface area contributed by atoms with Crippen molar-refractivity contribution in [3.05, 3.63) is 66.5 Å². The second-order valence-corrected chi connectivity index (χ2v) is 6.26. The van der Waals surface area contributed by atoms with Crippen LogP contribution in [0, 0.1) is 0 Å². The maximum atomic E-state index is 12.4. The molecule has 0 atom stereocenters. The van der Waals surface area contributed by atoms with Gasteiger partial charge in [0.05, 0.1) is 25.0 Å². The maximum Gasteiger partial charge on any atom is 0.238 e. The summed E-state index contributed by atoms with van der Waals surface area (Å²) in [5.74, 6) is 0.190. The quantitative estimate of drug-likeness (QED) is 0.568. The number of hydrogen-bond donors (Lipinski definition) is 2. The highest BCUT2D eigenvalue weighted by atomic mass is 16.5. The van der Waals surface area contributed by atoms with E-state index in [-0.39, 0.29) is 23.9 Å². The SMILES string of the molecule is COc1cccc(-c2cnc(C(C)=O)c(NC(=O)CNCc3ccncn3)c2)c1. The molecule has 29 heavy (non-hydrogen) atoms. The molecular formula is C21H21N5O3. The fraction of sp³-hybridized carbons (Fsp3) is 0.190. The highest BCUT2D eigenvalue weighted by Crippen LogP contribution is 2.27. The monoisotopic (exact) mass is 391 g/mol. The van der Waals surface area contributed by atoms with Crippen LogP contribution in [0.15, 0.2) is 55.1 Å². The molecule has 0 saturated carbocycles. The first-order chi connectivity index (χ1) is 14.1. The number of aromatic nitrogens is 3. The van der Waals surface area contributed by atoms with Crippen molar-refractivity contribution in [1.29, 1.82) is 0 Å². The van der Waals surface area contributed by atoms with Crippen molar-refractivity contribution >= 4 is 17.4 Å². The molecule has 2 aromatic heterocycles. The minimum absolute atomic E-state index is 0.0603. The van der Waals surface area contributed by atoms with Crippen molar-refractivity contribution in [3.63, 3.8) is 0 Å². The highest BCUT2D eigenvalue weighted by molar-refractivity contribution is 6.03. The normalized spacial score (nSPS) is 10.4. The molecule has 0 unspecified atom stereocenters. The van der Waals surface area contributed by atoms with Crippen LogP contribution in [0.3, 0.4) is 0 Å². The van der Waals surface area contributed by atoms with E-state index in [1.807, 2.05) is 24.3 Å². The Morgan fingerprint density at radius 1 is 1.10 bits per heavy atom. The van der Waals surface area contributed by atoms with E-state index in [0.717, 1.165) is 16.8 Å². The number of methoxy groups -OCH3 is 1. The minimum Gasteiger partial charge on any atom is -0.497 e. The third-order valence-corrected chi connectivity index (χ3v) is 4.13. The Hall–Kier alpha value is -3.65. The number of carbonyl (C=O) groups excluding carboxylic acids is 2. The molecule has 2 heterocycles. The summed E-state index contributed by atoms with van der Waals surface area (Å²) in [7, 11) is 1.59. The summed E-state index contributed by atoms with van der Waals surface area (Å²) in [6.07, 6.45) is 4.69. The lowest BCUT2D eigenvalue weighted by Crippen LogP contribution is -2.28. The molecule has 2 N–H and O–H groups in total. The van der Waals surface area contributed by atoms with Crippen LogP contribution in [-0.4, -0.2) is 40.3 Å². The Morgan fingerprint density at radius 3 is 2.69 bits per heavy atom. The predicted molar refractivity (Wildman–Crippen MR) is 109 cm³/mol. The van der Waals surface area contributed by atoms with Gasteiger partial charge in [-0.1, -0.05) is 12.1 Å². The zero-order valence-corrected chi connectivity index (χ0v) is 16.2. The van der Waals surface area contributed by atoms with E-state index in [1.54, 1.807) is 31.6 Å². The average molecular weight is 391 g/mol. The molecule has 1 aromatic carbocycles. The third kappa shape index (κ3) is 5.43. The molecule has 0 bridgehead atoms. The number of anilines is 1. The lowest BCUT2D eigenvalue weighted by Gasteiger charge is -2.12. The number of Topliss-reactive ketones (excluding diaryl/α,β-unsaturated/α-hetero) is 1. The van der Waals surface area contributed by atoms with Crippen molar-refractivity contribution in [2.75, 3.05) is 19.0 Å². The van der Waals surface area contributed by atoms with E-state index in [4.69, 9.17) is 4.74 Å². The molecule has 8 nitrogen and oxygen atoms in total. The number of nitrogens with zero attached hydrogens (tertiary/aromatic N) is 3. The number of benzene rings is 1. The summed E-state index contributed by atoms with van der Waals surface area (Å²) in [5.41, 5.74) is 2.98. The molecule has 8 heteroatoms. The van der Waals surface area contributed by atoms with E-state index >= 15 is 0 Å². The van der Waals surface area contributed by atoms with Crippen molar-refractivity contribution in [1.82, 2.24) is 20.3 Å². The van der Waals surface area contributed by atoms with E-state index in [2.05, 4.69) is 25.6 Å². The van der Waals surface area contributed by atoms with Gasteiger partial charge in [-0.2, -0.15) is 0 Å². The Kier molecular flexibility index (Phi) is 6.59. The molecule has 0 radical (unpaired) electrons. The summed E-state index contributed by atoms with van der Waals surface area (Å²) < 4.78 is 5.25. The van der Waals surface area contributed by atoms with Gasteiger partial charge < -0.3 is 15.4 Å². The molecule has 0 saturated heterocycles. The van der Waals surface area contributed by atoms with Gasteiger partial charge >= 0.3 is 0 Å². The lowest BCUT2D eigenvalue weighted by atomic mass is 10.1. The number of amides is 1. The van der Waals surface area contributed by atoms with Crippen molar-refractivity contribution in [3.8, 4) is 16.9 Å². The fourth-order valence-corrected chi connectivity index (χ4v) is 2.72. The second kappa shape index (κ2) is 9.52. The average Bonchev–Trinajstić information content (AvgIpc) is 2.74. The van der Waals surface area contributed by atoms with Crippen molar-refractivity contribution < 1.29 is 14.3 Å². The topological polar surface area (TPSA) is 106 Å². The molecule has 0 aliphatic rings. The Labute approximate surface area is 168 Å². The number of pyridine rings is 1. The van der Waals surface area contributed by atoms with Gasteiger partial charge in [-0.3, -0.25) is 14.6 Å². The molecule has 1 amide bonds. The van der Waals surface area contributed by atoms with E-state index in [1.165, 1.54) is 13.3 Å². The van der Waals surface area contributed by atoms with Crippen LogP contribution in [0.4, 0.5) is 5.69 Å². The summed E-state index contributed by atoms with van der Waals surface area (Å²) in [4.78, 5) is 36.5. The van der Waals surface area contributed by atoms with Crippen LogP contribution in [0.5, 0.6) is 5.75 Å². The van der Waals surface area contributed by atoms with Gasteiger partial charge in [-0.05, 0) is 29.8 Å². The summed E-state index contributed by atoms with van der Waals surface area (Å²) in [5, 5.41) is 5.78. The summed E-state index contributed by atoms with van der Waals surface area (Å²) in [6, 6.07) is 11.0. The molecule has 0 aliphatic carbocycles. The number of rotatable bonds is 8. The molecule has 0 aliphatic heterocycles. The number of nitrogens with one attached hydrogen (secondary N) is 2. The molecule has 0 spiro atoms. The van der Waals surface area contributed by atoms with Crippen molar-refractivity contribution in [2.24, 2.45) is 0 Å². The first-order valence-corrected chi connectivity index (χ1v) is 8.97. The van der Waals surface area contributed by atoms with Gasteiger partial charge in [0, 0.05) is 31.4 Å². The predicted octanol–water partition coefficient (Wildman–Crippen LogP) is 2.48. The van der Waals surface area contributed by atoms with Gasteiger partial charge in [0.15, 0.2) is 5.78 Å². The van der Waals surface area contributed by atoms with Gasteiger partial charge in [0.1, 0.15) is 17.8 Å².